The van der Waals surface area contributed by atoms with Gasteiger partial charge < -0.3 is 0 Å². The second kappa shape index (κ2) is 7.67. The standard InChI is InChI=1S/C11H3/c1-3-5-7-9-11-10-8-6-4-2/h1H,2H2/q+1. The van der Waals surface area contributed by atoms with Crippen LogP contribution in [0.1, 0.15) is 0 Å². The highest BCUT2D eigenvalue weighted by molar-refractivity contribution is 5.42. The van der Waals surface area contributed by atoms with E-state index in [4.69, 9.17) is 6.42 Å². The minimum absolute atomic E-state index is 2.12. The molecule has 0 aromatic heterocycles. The fourth-order valence-corrected chi connectivity index (χ4v) is 0.237. The average Bonchev–Trinajstić information content (AvgIpc) is 2.03. The van der Waals surface area contributed by atoms with Crippen molar-refractivity contribution in [2.45, 2.75) is 0 Å². The van der Waals surface area contributed by atoms with E-state index >= 15 is 0 Å². The molecule has 0 unspecified atom stereocenters. The highest BCUT2D eigenvalue weighted by atomic mass is 13.5. The normalized spacial score (nSPS) is 3.55. The molecular formula is C11H3+. The molecule has 0 nitrogen and oxygen atoms in total. The molecule has 0 aliphatic rings. The molecule has 0 saturated carbocycles. The van der Waals surface area contributed by atoms with Gasteiger partial charge in [-0.2, -0.15) is 0 Å². The Kier molecular flexibility index (Phi) is 6.05. The molecule has 0 N–H and O–H groups in total. The average molecular weight is 135 g/mol. The molecule has 0 fully saturated rings. The van der Waals surface area contributed by atoms with E-state index in [9.17, 15) is 0 Å². The first kappa shape index (κ1) is 8.67. The maximum Gasteiger partial charge on any atom is 0.217 e. The fraction of sp³-hybridized carbons (Fsp3) is 0. The number of hydrogen-bond acceptors (Lipinski definition) is 0. The molecule has 0 rings (SSSR count). The monoisotopic (exact) mass is 135 g/mol. The van der Waals surface area contributed by atoms with Crippen LogP contribution < -0.4 is 0 Å². The van der Waals surface area contributed by atoms with Crippen LogP contribution in [0.4, 0.5) is 0 Å². The van der Waals surface area contributed by atoms with Gasteiger partial charge in [-0.15, -0.1) is 6.42 Å². The third kappa shape index (κ3) is 7.67. The molecule has 0 radical (unpaired) electrons. The van der Waals surface area contributed by atoms with Gasteiger partial charge in [-0.25, -0.2) is 0 Å². The molecule has 0 aromatic carbocycles. The first-order valence-corrected chi connectivity index (χ1v) is 2.64. The fourth-order valence-electron chi connectivity index (χ4n) is 0.237. The number of rotatable bonds is 0. The first-order valence-electron chi connectivity index (χ1n) is 2.64. The Hall–Kier alpha value is -2.33. The Labute approximate surface area is 67.4 Å². The van der Waals surface area contributed by atoms with Crippen LogP contribution in [0.25, 0.3) is 0 Å². The van der Waals surface area contributed by atoms with Crippen LogP contribution in [0.3, 0.4) is 0 Å². The van der Waals surface area contributed by atoms with Crippen LogP contribution in [0.5, 0.6) is 0 Å². The molecule has 0 aliphatic heterocycles. The van der Waals surface area contributed by atoms with E-state index in [0.717, 1.165) is 0 Å². The summed E-state index contributed by atoms with van der Waals surface area (Å²) in [6, 6.07) is 0. The van der Waals surface area contributed by atoms with E-state index in [1.807, 2.05) is 0 Å². The van der Waals surface area contributed by atoms with Crippen molar-refractivity contribution >= 4 is 0 Å². The van der Waals surface area contributed by atoms with Gasteiger partial charge in [0.15, 0.2) is 5.92 Å². The van der Waals surface area contributed by atoms with Crippen LogP contribution >= 0.6 is 0 Å². The van der Waals surface area contributed by atoms with Gasteiger partial charge in [-0.05, 0) is 17.8 Å². The highest BCUT2D eigenvalue weighted by Gasteiger charge is 1.61. The smallest absolute Gasteiger partial charge is 0.106 e. The molecule has 0 heterocycles. The summed E-state index contributed by atoms with van der Waals surface area (Å²) in [7, 11) is 0. The predicted octanol–water partition coefficient (Wildman–Crippen LogP) is 0.467. The maximum absolute atomic E-state index is 4.83. The maximum atomic E-state index is 4.83. The van der Waals surface area contributed by atoms with Crippen molar-refractivity contribution in [1.82, 2.24) is 0 Å². The summed E-state index contributed by atoms with van der Waals surface area (Å²) in [6.07, 6.45) is 4.83. The van der Waals surface area contributed by atoms with Crippen LogP contribution in [0, 0.1) is 66.6 Å². The molecule has 0 spiro atoms. The van der Waals surface area contributed by atoms with Gasteiger partial charge in [0.2, 0.25) is 5.92 Å². The van der Waals surface area contributed by atoms with Crippen molar-refractivity contribution in [3.63, 3.8) is 0 Å². The summed E-state index contributed by atoms with van der Waals surface area (Å²) in [5, 5.41) is 0. The third-order valence-electron chi connectivity index (χ3n) is 0.536. The van der Waals surface area contributed by atoms with Crippen molar-refractivity contribution < 1.29 is 0 Å². The third-order valence-corrected chi connectivity index (χ3v) is 0.536. The number of hydrogen-bond donors (Lipinski definition) is 0. The Balaban J connectivity index is 4.04. The lowest BCUT2D eigenvalue weighted by Crippen LogP contribution is -1.52. The zero-order valence-corrected chi connectivity index (χ0v) is 5.78. The zero-order chi connectivity index (χ0) is 8.36. The minimum Gasteiger partial charge on any atom is -0.106 e. The summed E-state index contributed by atoms with van der Waals surface area (Å²) in [4.78, 5) is 0. The van der Waals surface area contributed by atoms with Gasteiger partial charge in [0.1, 0.15) is 5.92 Å². The van der Waals surface area contributed by atoms with Gasteiger partial charge >= 0.3 is 0 Å². The summed E-state index contributed by atoms with van der Waals surface area (Å²) in [6.45, 7) is 3.27. The minimum atomic E-state index is 2.12. The lowest BCUT2D eigenvalue weighted by molar-refractivity contribution is 2.31. The quantitative estimate of drug-likeness (QED) is 0.334. The van der Waals surface area contributed by atoms with Crippen LogP contribution in [-0.4, -0.2) is 0 Å². The van der Waals surface area contributed by atoms with Crippen molar-refractivity contribution in [3.05, 3.63) is 6.92 Å². The topological polar surface area (TPSA) is 0 Å². The van der Waals surface area contributed by atoms with Crippen molar-refractivity contribution in [3.8, 4) is 59.7 Å². The van der Waals surface area contributed by atoms with Crippen molar-refractivity contribution in [2.75, 3.05) is 0 Å². The molecule has 46 valence electrons. The molecule has 0 saturated heterocycles. The Morgan fingerprint density at radius 1 is 0.727 bits per heavy atom. The van der Waals surface area contributed by atoms with Gasteiger partial charge in [0, 0.05) is 17.8 Å². The first-order chi connectivity index (χ1) is 5.41. The molecular weight excluding hydrogens is 132 g/mol. The molecule has 0 atom stereocenters. The summed E-state index contributed by atoms with van der Waals surface area (Å²) in [5.74, 6) is 21.4. The van der Waals surface area contributed by atoms with Crippen LogP contribution in [0.2, 0.25) is 0 Å². The van der Waals surface area contributed by atoms with E-state index in [1.165, 1.54) is 0 Å². The lowest BCUT2D eigenvalue weighted by Gasteiger charge is -1.50. The van der Waals surface area contributed by atoms with E-state index in [2.05, 4.69) is 60.2 Å². The lowest BCUT2D eigenvalue weighted by atomic mass is 10.5. The van der Waals surface area contributed by atoms with E-state index in [1.54, 1.807) is 0 Å². The second-order valence-corrected chi connectivity index (χ2v) is 1.20. The SMILES string of the molecule is C#CC#CC#CC#CC#C[CH2+]. The largest absolute Gasteiger partial charge is 0.217 e. The Morgan fingerprint density at radius 3 is 1.64 bits per heavy atom. The van der Waals surface area contributed by atoms with Crippen LogP contribution in [0.15, 0.2) is 0 Å². The van der Waals surface area contributed by atoms with Gasteiger partial charge in [-0.3, -0.25) is 0 Å². The van der Waals surface area contributed by atoms with E-state index in [0.29, 0.717) is 0 Å². The van der Waals surface area contributed by atoms with Crippen molar-refractivity contribution in [2.24, 2.45) is 0 Å². The Bertz CT molecular complexity index is 386. The molecule has 0 amide bonds. The van der Waals surface area contributed by atoms with Gasteiger partial charge in [0.25, 0.3) is 0 Å². The predicted molar refractivity (Wildman–Crippen MR) is 45.3 cm³/mol. The highest BCUT2D eigenvalue weighted by Crippen LogP contribution is 1.54. The molecule has 0 aromatic rings. The molecule has 0 bridgehead atoms. The van der Waals surface area contributed by atoms with Gasteiger partial charge in [0.05, 0.1) is 6.92 Å². The number of terminal acetylenes is 1. The zero-order valence-electron chi connectivity index (χ0n) is 5.78. The Morgan fingerprint density at radius 2 is 1.18 bits per heavy atom. The van der Waals surface area contributed by atoms with E-state index in [-0.39, 0.29) is 0 Å². The molecule has 0 heteroatoms. The summed E-state index contributed by atoms with van der Waals surface area (Å²) < 4.78 is 0. The molecule has 11 heavy (non-hydrogen) atoms. The van der Waals surface area contributed by atoms with Gasteiger partial charge in [-0.1, -0.05) is 0 Å². The van der Waals surface area contributed by atoms with E-state index < -0.39 is 0 Å². The summed E-state index contributed by atoms with van der Waals surface area (Å²) in [5.41, 5.74) is 0. The van der Waals surface area contributed by atoms with Crippen LogP contribution in [-0.2, 0) is 0 Å². The molecule has 0 aliphatic carbocycles. The van der Waals surface area contributed by atoms with Crippen molar-refractivity contribution in [1.29, 1.82) is 0 Å². The second-order valence-electron chi connectivity index (χ2n) is 1.20. The summed E-state index contributed by atoms with van der Waals surface area (Å²) >= 11 is 0.